The van der Waals surface area contributed by atoms with Crippen LogP contribution in [0.15, 0.2) is 59.4 Å². The first kappa shape index (κ1) is 24.5. The Kier molecular flexibility index (Phi) is 6.66. The summed E-state index contributed by atoms with van der Waals surface area (Å²) >= 11 is 0. The Balaban J connectivity index is 1.59. The van der Waals surface area contributed by atoms with Gasteiger partial charge in [-0.3, -0.25) is 9.59 Å². The monoisotopic (exact) mass is 486 g/mol. The van der Waals surface area contributed by atoms with Gasteiger partial charge in [-0.2, -0.15) is 18.3 Å². The summed E-state index contributed by atoms with van der Waals surface area (Å²) in [4.78, 5) is 27.5. The number of morpholine rings is 1. The molecule has 3 aromatic rings. The highest BCUT2D eigenvalue weighted by atomic mass is 19.4. The number of benzene rings is 2. The second-order valence-corrected chi connectivity index (χ2v) is 8.59. The molecule has 1 aliphatic rings. The minimum Gasteiger partial charge on any atom is -0.372 e. The third kappa shape index (κ3) is 5.37. The van der Waals surface area contributed by atoms with Crippen LogP contribution in [0.5, 0.6) is 0 Å². The Morgan fingerprint density at radius 2 is 1.69 bits per heavy atom. The highest BCUT2D eigenvalue weighted by Crippen LogP contribution is 2.33. The number of carbonyl (C=O) groups is 1. The molecule has 2 unspecified atom stereocenters. The molecule has 1 N–H and O–H groups in total. The Labute approximate surface area is 200 Å². The van der Waals surface area contributed by atoms with E-state index in [1.807, 2.05) is 26.0 Å². The number of ether oxygens (including phenoxy) is 1. The number of aromatic nitrogens is 2. The standard InChI is InChI=1S/C25H25F3N4O3/c1-15-12-22(33)23(30-32(15)21-7-5-4-6-20(21)25(26,27)28)24(34)29-18-8-10-19(11-9-18)31-13-16(2)35-17(3)14-31/h4-12,16-17H,13-14H2,1-3H3,(H,29,34). The number of nitrogens with zero attached hydrogens (tertiary/aromatic N) is 3. The van der Waals surface area contributed by atoms with E-state index < -0.39 is 28.8 Å². The van der Waals surface area contributed by atoms with E-state index in [1.165, 1.54) is 25.1 Å². The van der Waals surface area contributed by atoms with Gasteiger partial charge < -0.3 is 15.0 Å². The molecule has 2 aromatic carbocycles. The van der Waals surface area contributed by atoms with Crippen LogP contribution in [0.4, 0.5) is 24.5 Å². The Bertz CT molecular complexity index is 1280. The number of hydrogen-bond acceptors (Lipinski definition) is 5. The van der Waals surface area contributed by atoms with Gasteiger partial charge in [-0.1, -0.05) is 12.1 Å². The van der Waals surface area contributed by atoms with Gasteiger partial charge in [0.25, 0.3) is 5.91 Å². The zero-order valence-electron chi connectivity index (χ0n) is 19.5. The van der Waals surface area contributed by atoms with Gasteiger partial charge in [0.2, 0.25) is 5.43 Å². The average Bonchev–Trinajstić information content (AvgIpc) is 2.78. The maximum absolute atomic E-state index is 13.5. The van der Waals surface area contributed by atoms with E-state index in [0.717, 1.165) is 35.6 Å². The molecule has 4 rings (SSSR count). The predicted octanol–water partition coefficient (Wildman–Crippen LogP) is 4.43. The number of para-hydroxylation sites is 1. The molecule has 35 heavy (non-hydrogen) atoms. The molecule has 184 valence electrons. The third-order valence-electron chi connectivity index (χ3n) is 5.67. The van der Waals surface area contributed by atoms with E-state index in [-0.39, 0.29) is 23.6 Å². The van der Waals surface area contributed by atoms with Crippen LogP contribution >= 0.6 is 0 Å². The Morgan fingerprint density at radius 1 is 1.06 bits per heavy atom. The van der Waals surface area contributed by atoms with Crippen molar-refractivity contribution >= 4 is 17.3 Å². The predicted molar refractivity (Wildman–Crippen MR) is 126 cm³/mol. The molecule has 0 radical (unpaired) electrons. The smallest absolute Gasteiger partial charge is 0.372 e. The van der Waals surface area contributed by atoms with Crippen LogP contribution in [0, 0.1) is 6.92 Å². The highest BCUT2D eigenvalue weighted by Gasteiger charge is 2.34. The van der Waals surface area contributed by atoms with Crippen molar-refractivity contribution in [3.63, 3.8) is 0 Å². The summed E-state index contributed by atoms with van der Waals surface area (Å²) in [5.74, 6) is -0.811. The van der Waals surface area contributed by atoms with Gasteiger partial charge in [0.1, 0.15) is 0 Å². The van der Waals surface area contributed by atoms with E-state index in [4.69, 9.17) is 4.74 Å². The molecule has 0 bridgehead atoms. The number of amides is 1. The largest absolute Gasteiger partial charge is 0.418 e. The maximum Gasteiger partial charge on any atom is 0.418 e. The number of anilines is 2. The van der Waals surface area contributed by atoms with Crippen LogP contribution in [0.25, 0.3) is 5.69 Å². The fourth-order valence-corrected chi connectivity index (χ4v) is 4.18. The summed E-state index contributed by atoms with van der Waals surface area (Å²) in [5.41, 5.74) is -0.831. The van der Waals surface area contributed by atoms with Crippen molar-refractivity contribution in [2.24, 2.45) is 0 Å². The fourth-order valence-electron chi connectivity index (χ4n) is 4.18. The molecule has 1 saturated heterocycles. The van der Waals surface area contributed by atoms with E-state index in [9.17, 15) is 22.8 Å². The second kappa shape index (κ2) is 9.53. The first-order chi connectivity index (χ1) is 16.5. The molecule has 2 atom stereocenters. The van der Waals surface area contributed by atoms with E-state index in [1.54, 1.807) is 12.1 Å². The molecule has 1 aromatic heterocycles. The van der Waals surface area contributed by atoms with Crippen LogP contribution in [-0.2, 0) is 10.9 Å². The minimum absolute atomic E-state index is 0.0930. The normalized spacial score (nSPS) is 18.4. The van der Waals surface area contributed by atoms with Crippen molar-refractivity contribution in [3.05, 3.63) is 81.8 Å². The van der Waals surface area contributed by atoms with E-state index in [2.05, 4.69) is 15.3 Å². The number of carbonyl (C=O) groups excluding carboxylic acids is 1. The van der Waals surface area contributed by atoms with Crippen LogP contribution in [0.2, 0.25) is 0 Å². The number of halogens is 3. The summed E-state index contributed by atoms with van der Waals surface area (Å²) < 4.78 is 47.2. The highest BCUT2D eigenvalue weighted by molar-refractivity contribution is 6.02. The summed E-state index contributed by atoms with van der Waals surface area (Å²) in [6, 6.07) is 13.0. The molecule has 1 amide bonds. The Morgan fingerprint density at radius 3 is 2.31 bits per heavy atom. The van der Waals surface area contributed by atoms with Crippen molar-refractivity contribution in [1.82, 2.24) is 9.78 Å². The lowest BCUT2D eigenvalue weighted by Crippen LogP contribution is -2.45. The molecule has 0 aliphatic carbocycles. The number of hydrogen-bond donors (Lipinski definition) is 1. The Hall–Kier alpha value is -3.66. The van der Waals surface area contributed by atoms with Gasteiger partial charge in [0.05, 0.1) is 23.5 Å². The summed E-state index contributed by atoms with van der Waals surface area (Å²) in [5, 5.41) is 6.60. The third-order valence-corrected chi connectivity index (χ3v) is 5.67. The average molecular weight is 486 g/mol. The number of alkyl halides is 3. The summed E-state index contributed by atoms with van der Waals surface area (Å²) in [6.07, 6.45) is -4.44. The molecule has 10 heteroatoms. The fraction of sp³-hybridized carbons (Fsp3) is 0.320. The SMILES string of the molecule is Cc1cc(=O)c(C(=O)Nc2ccc(N3CC(C)OC(C)C3)cc2)nn1-c1ccccc1C(F)(F)F. The molecule has 2 heterocycles. The van der Waals surface area contributed by atoms with Gasteiger partial charge >= 0.3 is 6.18 Å². The van der Waals surface area contributed by atoms with Crippen LogP contribution in [-0.4, -0.2) is 41.0 Å². The maximum atomic E-state index is 13.5. The van der Waals surface area contributed by atoms with Crippen LogP contribution < -0.4 is 15.6 Å². The molecular weight excluding hydrogens is 461 g/mol. The lowest BCUT2D eigenvalue weighted by molar-refractivity contribution is -0.137. The molecule has 1 fully saturated rings. The first-order valence-corrected chi connectivity index (χ1v) is 11.1. The zero-order chi connectivity index (χ0) is 25.3. The molecule has 1 aliphatic heterocycles. The second-order valence-electron chi connectivity index (χ2n) is 8.59. The van der Waals surface area contributed by atoms with Gasteiger partial charge in [-0.25, -0.2) is 4.68 Å². The number of nitrogens with one attached hydrogen (secondary N) is 1. The van der Waals surface area contributed by atoms with Crippen molar-refractivity contribution in [2.45, 2.75) is 39.2 Å². The lowest BCUT2D eigenvalue weighted by atomic mass is 10.1. The lowest BCUT2D eigenvalue weighted by Gasteiger charge is -2.36. The topological polar surface area (TPSA) is 76.5 Å². The van der Waals surface area contributed by atoms with Gasteiger partial charge in [0, 0.05) is 36.2 Å². The zero-order valence-corrected chi connectivity index (χ0v) is 19.5. The summed E-state index contributed by atoms with van der Waals surface area (Å²) in [7, 11) is 0. The first-order valence-electron chi connectivity index (χ1n) is 11.1. The van der Waals surface area contributed by atoms with Gasteiger partial charge in [0.15, 0.2) is 5.69 Å². The molecular formula is C25H25F3N4O3. The van der Waals surface area contributed by atoms with Crippen LogP contribution in [0.1, 0.15) is 35.6 Å². The minimum atomic E-state index is -4.63. The molecule has 7 nitrogen and oxygen atoms in total. The van der Waals surface area contributed by atoms with Gasteiger partial charge in [-0.05, 0) is 57.2 Å². The van der Waals surface area contributed by atoms with Crippen molar-refractivity contribution in [3.8, 4) is 5.69 Å². The van der Waals surface area contributed by atoms with Crippen LogP contribution in [0.3, 0.4) is 0 Å². The van der Waals surface area contributed by atoms with E-state index >= 15 is 0 Å². The summed E-state index contributed by atoms with van der Waals surface area (Å²) in [6.45, 7) is 6.94. The quantitative estimate of drug-likeness (QED) is 0.591. The van der Waals surface area contributed by atoms with E-state index in [0.29, 0.717) is 5.69 Å². The molecule has 0 saturated carbocycles. The number of rotatable bonds is 4. The van der Waals surface area contributed by atoms with Crippen molar-refractivity contribution < 1.29 is 22.7 Å². The molecule has 0 spiro atoms. The van der Waals surface area contributed by atoms with Crippen molar-refractivity contribution in [2.75, 3.05) is 23.3 Å². The number of aryl methyl sites for hydroxylation is 1. The van der Waals surface area contributed by atoms with Crippen molar-refractivity contribution in [1.29, 1.82) is 0 Å². The van der Waals surface area contributed by atoms with Gasteiger partial charge in [-0.15, -0.1) is 0 Å².